The smallest absolute Gasteiger partial charge is 0.308 e. The van der Waals surface area contributed by atoms with E-state index in [-0.39, 0.29) is 24.8 Å². The molecule has 0 bridgehead atoms. The molecule has 0 aliphatic carbocycles. The van der Waals surface area contributed by atoms with E-state index in [1.54, 1.807) is 9.58 Å². The van der Waals surface area contributed by atoms with Gasteiger partial charge < -0.3 is 10.0 Å². The first-order chi connectivity index (χ1) is 14.0. The van der Waals surface area contributed by atoms with E-state index in [1.165, 1.54) is 0 Å². The molecule has 2 atom stereocenters. The van der Waals surface area contributed by atoms with Gasteiger partial charge in [0.25, 0.3) is 0 Å². The van der Waals surface area contributed by atoms with Crippen LogP contribution in [0.1, 0.15) is 22.9 Å². The molecule has 1 aliphatic heterocycles. The molecule has 1 aliphatic rings. The summed E-state index contributed by atoms with van der Waals surface area (Å²) in [4.78, 5) is 26.3. The van der Waals surface area contributed by atoms with E-state index in [9.17, 15) is 14.7 Å². The summed E-state index contributed by atoms with van der Waals surface area (Å²) in [7, 11) is 0. The molecule has 0 spiro atoms. The summed E-state index contributed by atoms with van der Waals surface area (Å²) in [6.45, 7) is 2.48. The predicted octanol–water partition coefficient (Wildman–Crippen LogP) is 2.45. The fourth-order valence-electron chi connectivity index (χ4n) is 3.89. The molecule has 1 aromatic heterocycles. The molecule has 0 saturated carbocycles. The Labute approximate surface area is 168 Å². The molecule has 3 aromatic rings. The number of nitrogens with zero attached hydrogens (tertiary/aromatic N) is 4. The van der Waals surface area contributed by atoms with Gasteiger partial charge in [-0.25, -0.2) is 4.68 Å². The van der Waals surface area contributed by atoms with Crippen LogP contribution < -0.4 is 0 Å². The van der Waals surface area contributed by atoms with Crippen LogP contribution in [-0.2, 0) is 16.0 Å². The molecule has 1 fully saturated rings. The summed E-state index contributed by atoms with van der Waals surface area (Å²) in [6, 6.07) is 19.1. The standard InChI is InChI=1S/C22H22N4O3/c1-15-20(23-24-26(15)17-10-6-3-7-11-17)12-21(27)25-13-18(19(14-25)22(28)29)16-8-4-2-5-9-16/h2-11,18-19H,12-14H2,1H3,(H,28,29)/t18-,19-/m0/s1. The summed E-state index contributed by atoms with van der Waals surface area (Å²) >= 11 is 0. The summed E-state index contributed by atoms with van der Waals surface area (Å²) in [5, 5.41) is 18.0. The molecule has 1 amide bonds. The lowest BCUT2D eigenvalue weighted by Gasteiger charge is -2.16. The lowest BCUT2D eigenvalue weighted by molar-refractivity contribution is -0.141. The maximum atomic E-state index is 12.9. The first-order valence-electron chi connectivity index (χ1n) is 9.56. The number of aliphatic carboxylic acids is 1. The minimum atomic E-state index is -0.875. The lowest BCUT2D eigenvalue weighted by Crippen LogP contribution is -2.31. The van der Waals surface area contributed by atoms with Crippen molar-refractivity contribution in [2.45, 2.75) is 19.3 Å². The Kier molecular flexibility index (Phi) is 5.12. The van der Waals surface area contributed by atoms with Gasteiger partial charge >= 0.3 is 5.97 Å². The minimum absolute atomic E-state index is 0.104. The molecule has 2 aromatic carbocycles. The molecular weight excluding hydrogens is 368 g/mol. The third-order valence-corrected chi connectivity index (χ3v) is 5.53. The summed E-state index contributed by atoms with van der Waals surface area (Å²) in [5.74, 6) is -1.82. The fourth-order valence-corrected chi connectivity index (χ4v) is 3.89. The van der Waals surface area contributed by atoms with E-state index < -0.39 is 11.9 Å². The largest absolute Gasteiger partial charge is 0.481 e. The summed E-state index contributed by atoms with van der Waals surface area (Å²) in [6.07, 6.45) is 0.104. The van der Waals surface area contributed by atoms with Crippen molar-refractivity contribution in [3.8, 4) is 5.69 Å². The maximum absolute atomic E-state index is 12.9. The second kappa shape index (κ2) is 7.87. The molecule has 2 heterocycles. The third kappa shape index (κ3) is 3.76. The number of hydrogen-bond donors (Lipinski definition) is 1. The van der Waals surface area contributed by atoms with Gasteiger partial charge in [0.05, 0.1) is 29.4 Å². The van der Waals surface area contributed by atoms with Crippen molar-refractivity contribution in [2.24, 2.45) is 5.92 Å². The fraction of sp³-hybridized carbons (Fsp3) is 0.273. The molecule has 0 radical (unpaired) electrons. The Morgan fingerprint density at radius 2 is 1.69 bits per heavy atom. The van der Waals surface area contributed by atoms with Crippen LogP contribution in [0.3, 0.4) is 0 Å². The van der Waals surface area contributed by atoms with E-state index in [2.05, 4.69) is 10.3 Å². The highest BCUT2D eigenvalue weighted by Crippen LogP contribution is 2.33. The quantitative estimate of drug-likeness (QED) is 0.723. The van der Waals surface area contributed by atoms with Gasteiger partial charge in [-0.1, -0.05) is 53.7 Å². The van der Waals surface area contributed by atoms with Crippen LogP contribution in [0.2, 0.25) is 0 Å². The van der Waals surface area contributed by atoms with Gasteiger partial charge in [0.1, 0.15) is 0 Å². The first kappa shape index (κ1) is 18.9. The first-order valence-corrected chi connectivity index (χ1v) is 9.56. The average Bonchev–Trinajstić information content (AvgIpc) is 3.34. The maximum Gasteiger partial charge on any atom is 0.308 e. The molecule has 1 N–H and O–H groups in total. The Bertz CT molecular complexity index is 1020. The molecule has 29 heavy (non-hydrogen) atoms. The van der Waals surface area contributed by atoms with E-state index in [0.717, 1.165) is 16.9 Å². The second-order valence-corrected chi connectivity index (χ2v) is 7.31. The van der Waals surface area contributed by atoms with Crippen LogP contribution in [0.5, 0.6) is 0 Å². The zero-order chi connectivity index (χ0) is 20.4. The lowest BCUT2D eigenvalue weighted by atomic mass is 9.89. The number of carboxylic acid groups (broad SMARTS) is 1. The highest BCUT2D eigenvalue weighted by atomic mass is 16.4. The van der Waals surface area contributed by atoms with E-state index >= 15 is 0 Å². The number of aromatic nitrogens is 3. The number of hydrogen-bond acceptors (Lipinski definition) is 4. The number of carboxylic acids is 1. The molecule has 1 saturated heterocycles. The van der Waals surface area contributed by atoms with Gasteiger partial charge in [-0.3, -0.25) is 9.59 Å². The Morgan fingerprint density at radius 1 is 1.03 bits per heavy atom. The number of benzene rings is 2. The highest BCUT2D eigenvalue weighted by molar-refractivity contribution is 5.81. The predicted molar refractivity (Wildman–Crippen MR) is 107 cm³/mol. The van der Waals surface area contributed by atoms with Crippen molar-refractivity contribution >= 4 is 11.9 Å². The molecule has 148 valence electrons. The van der Waals surface area contributed by atoms with Crippen LogP contribution in [-0.4, -0.2) is 50.0 Å². The normalized spacial score (nSPS) is 18.7. The van der Waals surface area contributed by atoms with Crippen molar-refractivity contribution in [2.75, 3.05) is 13.1 Å². The average molecular weight is 390 g/mol. The van der Waals surface area contributed by atoms with Crippen molar-refractivity contribution in [1.82, 2.24) is 19.9 Å². The van der Waals surface area contributed by atoms with Gasteiger partial charge in [0.2, 0.25) is 5.91 Å². The van der Waals surface area contributed by atoms with Crippen LogP contribution in [0, 0.1) is 12.8 Å². The van der Waals surface area contributed by atoms with Crippen LogP contribution in [0.15, 0.2) is 60.7 Å². The number of amides is 1. The molecular formula is C22H22N4O3. The number of carbonyl (C=O) groups is 2. The van der Waals surface area contributed by atoms with E-state index in [4.69, 9.17) is 0 Å². The summed E-state index contributed by atoms with van der Waals surface area (Å²) < 4.78 is 1.71. The number of likely N-dealkylation sites (tertiary alicyclic amines) is 1. The van der Waals surface area contributed by atoms with Crippen LogP contribution >= 0.6 is 0 Å². The minimum Gasteiger partial charge on any atom is -0.481 e. The Balaban J connectivity index is 1.51. The van der Waals surface area contributed by atoms with Gasteiger partial charge in [0, 0.05) is 19.0 Å². The molecule has 4 rings (SSSR count). The van der Waals surface area contributed by atoms with Crippen molar-refractivity contribution < 1.29 is 14.7 Å². The van der Waals surface area contributed by atoms with Crippen LogP contribution in [0.4, 0.5) is 0 Å². The van der Waals surface area contributed by atoms with Crippen molar-refractivity contribution in [3.05, 3.63) is 77.6 Å². The van der Waals surface area contributed by atoms with Crippen molar-refractivity contribution in [1.29, 1.82) is 0 Å². The molecule has 7 nitrogen and oxygen atoms in total. The van der Waals surface area contributed by atoms with Crippen molar-refractivity contribution in [3.63, 3.8) is 0 Å². The van der Waals surface area contributed by atoms with Gasteiger partial charge in [0.15, 0.2) is 0 Å². The Morgan fingerprint density at radius 3 is 2.34 bits per heavy atom. The summed E-state index contributed by atoms with van der Waals surface area (Å²) in [5.41, 5.74) is 3.24. The monoisotopic (exact) mass is 390 g/mol. The zero-order valence-corrected chi connectivity index (χ0v) is 16.1. The topological polar surface area (TPSA) is 88.3 Å². The van der Waals surface area contributed by atoms with Gasteiger partial charge in [-0.05, 0) is 24.6 Å². The highest BCUT2D eigenvalue weighted by Gasteiger charge is 2.40. The van der Waals surface area contributed by atoms with E-state index in [1.807, 2.05) is 67.6 Å². The van der Waals surface area contributed by atoms with E-state index in [0.29, 0.717) is 12.2 Å². The molecule has 7 heteroatoms. The SMILES string of the molecule is Cc1c(CC(=O)N2C[C@H](C(=O)O)[C@H](c3ccccc3)C2)nnn1-c1ccccc1. The zero-order valence-electron chi connectivity index (χ0n) is 16.1. The molecule has 0 unspecified atom stereocenters. The van der Waals surface area contributed by atoms with Crippen LogP contribution in [0.25, 0.3) is 5.69 Å². The number of carbonyl (C=O) groups excluding carboxylic acids is 1. The second-order valence-electron chi connectivity index (χ2n) is 7.31. The number of rotatable bonds is 5. The third-order valence-electron chi connectivity index (χ3n) is 5.53. The van der Waals surface area contributed by atoms with Gasteiger partial charge in [-0.2, -0.15) is 0 Å². The van der Waals surface area contributed by atoms with Gasteiger partial charge in [-0.15, -0.1) is 5.10 Å². The Hall–Kier alpha value is -3.48. The number of para-hydroxylation sites is 1.